The minimum Gasteiger partial charge on any atom is -0.384 e. The maximum atomic E-state index is 9.08. The van der Waals surface area contributed by atoms with Gasteiger partial charge in [0, 0.05) is 16.2 Å². The molecular formula is C19H22O3. The zero-order valence-corrected chi connectivity index (χ0v) is 12.8. The smallest absolute Gasteiger partial charge is 0.104 e. The Hall–Kier alpha value is -1.44. The molecule has 3 nitrogen and oxygen atoms in total. The molecule has 0 aliphatic heterocycles. The van der Waals surface area contributed by atoms with E-state index >= 15 is 0 Å². The highest BCUT2D eigenvalue weighted by Gasteiger charge is 2.62. The molecule has 0 aromatic rings. The molecular weight excluding hydrogens is 276 g/mol. The fourth-order valence-corrected chi connectivity index (χ4v) is 5.54. The standard InChI is InChI=1S/C19H22O3/c20-7-1-4-17-10-16-11-18(13-17,5-2-8-21)15-19(12-16,14-17)6-3-9-22/h16,20-22H,7-15H2. The molecule has 3 heteroatoms. The van der Waals surface area contributed by atoms with Crippen LogP contribution in [0, 0.1) is 57.7 Å². The Morgan fingerprint density at radius 1 is 0.636 bits per heavy atom. The van der Waals surface area contributed by atoms with Crippen LogP contribution in [0.2, 0.25) is 0 Å². The lowest BCUT2D eigenvalue weighted by Gasteiger charge is -2.62. The summed E-state index contributed by atoms with van der Waals surface area (Å²) in [6.45, 7) is -0.342. The van der Waals surface area contributed by atoms with Crippen molar-refractivity contribution >= 4 is 0 Å². The summed E-state index contributed by atoms with van der Waals surface area (Å²) in [5, 5.41) is 27.3. The molecule has 0 aromatic heterocycles. The topological polar surface area (TPSA) is 60.7 Å². The van der Waals surface area contributed by atoms with Gasteiger partial charge in [0.1, 0.15) is 19.8 Å². The molecule has 0 aromatic carbocycles. The van der Waals surface area contributed by atoms with Crippen LogP contribution in [0.15, 0.2) is 0 Å². The fraction of sp³-hybridized carbons (Fsp3) is 0.684. The highest BCUT2D eigenvalue weighted by Crippen LogP contribution is 2.69. The van der Waals surface area contributed by atoms with Gasteiger partial charge in [0.05, 0.1) is 0 Å². The first-order valence-corrected chi connectivity index (χ1v) is 7.92. The van der Waals surface area contributed by atoms with Crippen LogP contribution in [0.1, 0.15) is 38.5 Å². The van der Waals surface area contributed by atoms with E-state index in [9.17, 15) is 0 Å². The molecule has 116 valence electrons. The second-order valence-electron chi connectivity index (χ2n) is 7.23. The lowest BCUT2D eigenvalue weighted by molar-refractivity contribution is -0.0839. The monoisotopic (exact) mass is 298 g/mol. The van der Waals surface area contributed by atoms with E-state index in [4.69, 9.17) is 15.3 Å². The van der Waals surface area contributed by atoms with E-state index in [0.29, 0.717) is 5.92 Å². The largest absolute Gasteiger partial charge is 0.384 e. The fourth-order valence-electron chi connectivity index (χ4n) is 5.54. The summed E-state index contributed by atoms with van der Waals surface area (Å²) in [5.41, 5.74) is -0.344. The molecule has 4 aliphatic carbocycles. The van der Waals surface area contributed by atoms with Crippen molar-refractivity contribution in [3.63, 3.8) is 0 Å². The third-order valence-corrected chi connectivity index (χ3v) is 5.37. The second-order valence-corrected chi connectivity index (χ2v) is 7.23. The van der Waals surface area contributed by atoms with Crippen molar-refractivity contribution in [2.75, 3.05) is 19.8 Å². The van der Waals surface area contributed by atoms with E-state index < -0.39 is 0 Å². The van der Waals surface area contributed by atoms with Crippen LogP contribution in [0.5, 0.6) is 0 Å². The van der Waals surface area contributed by atoms with Gasteiger partial charge in [0.25, 0.3) is 0 Å². The van der Waals surface area contributed by atoms with E-state index in [1.165, 1.54) is 0 Å². The number of rotatable bonds is 0. The van der Waals surface area contributed by atoms with Gasteiger partial charge in [-0.25, -0.2) is 0 Å². The van der Waals surface area contributed by atoms with Crippen LogP contribution in [0.4, 0.5) is 0 Å². The van der Waals surface area contributed by atoms with E-state index in [1.54, 1.807) is 0 Å². The molecule has 4 fully saturated rings. The number of hydrogen-bond donors (Lipinski definition) is 3. The van der Waals surface area contributed by atoms with Crippen molar-refractivity contribution in [2.45, 2.75) is 38.5 Å². The lowest BCUT2D eigenvalue weighted by Crippen LogP contribution is -2.55. The molecule has 4 saturated carbocycles. The minimum atomic E-state index is -0.115. The van der Waals surface area contributed by atoms with Gasteiger partial charge >= 0.3 is 0 Å². The first-order chi connectivity index (χ1) is 10.6. The van der Waals surface area contributed by atoms with Crippen molar-refractivity contribution < 1.29 is 15.3 Å². The maximum absolute atomic E-state index is 9.08. The van der Waals surface area contributed by atoms with Crippen molar-refractivity contribution in [2.24, 2.45) is 22.2 Å². The highest BCUT2D eigenvalue weighted by atomic mass is 16.3. The molecule has 4 rings (SSSR count). The van der Waals surface area contributed by atoms with Gasteiger partial charge in [-0.3, -0.25) is 0 Å². The van der Waals surface area contributed by atoms with Gasteiger partial charge < -0.3 is 15.3 Å². The Balaban J connectivity index is 2.03. The molecule has 3 N–H and O–H groups in total. The van der Waals surface area contributed by atoms with Crippen LogP contribution in [0.25, 0.3) is 0 Å². The predicted molar refractivity (Wildman–Crippen MR) is 83.1 cm³/mol. The average Bonchev–Trinajstić information content (AvgIpc) is 2.48. The van der Waals surface area contributed by atoms with Crippen LogP contribution < -0.4 is 0 Å². The van der Waals surface area contributed by atoms with Crippen molar-refractivity contribution in [3.05, 3.63) is 0 Å². The van der Waals surface area contributed by atoms with Gasteiger partial charge in [0.15, 0.2) is 0 Å². The van der Waals surface area contributed by atoms with E-state index in [2.05, 4.69) is 35.5 Å². The van der Waals surface area contributed by atoms with Gasteiger partial charge in [-0.1, -0.05) is 35.5 Å². The maximum Gasteiger partial charge on any atom is 0.104 e. The average molecular weight is 298 g/mol. The zero-order chi connectivity index (χ0) is 15.7. The number of aliphatic hydroxyl groups is 3. The Morgan fingerprint density at radius 3 is 1.23 bits per heavy atom. The Labute approximate surface area is 132 Å². The Kier molecular flexibility index (Phi) is 3.96. The van der Waals surface area contributed by atoms with Crippen molar-refractivity contribution in [1.29, 1.82) is 0 Å². The molecule has 0 amide bonds. The van der Waals surface area contributed by atoms with Crippen LogP contribution in [-0.4, -0.2) is 35.1 Å². The van der Waals surface area contributed by atoms with Gasteiger partial charge in [0.2, 0.25) is 0 Å². The SMILES string of the molecule is OCC#CC12CC3CC(C#CCO)(C1)CC(C#CCO)(C3)C2. The second kappa shape index (κ2) is 5.64. The molecule has 0 heterocycles. The molecule has 4 bridgehead atoms. The van der Waals surface area contributed by atoms with Crippen LogP contribution in [-0.2, 0) is 0 Å². The summed E-state index contributed by atoms with van der Waals surface area (Å²) < 4.78 is 0. The van der Waals surface area contributed by atoms with Crippen LogP contribution >= 0.6 is 0 Å². The lowest BCUT2D eigenvalue weighted by atomic mass is 9.40. The van der Waals surface area contributed by atoms with Gasteiger partial charge in [-0.2, -0.15) is 0 Å². The first kappa shape index (κ1) is 15.5. The van der Waals surface area contributed by atoms with Crippen molar-refractivity contribution in [3.8, 4) is 35.5 Å². The summed E-state index contributed by atoms with van der Waals surface area (Å²) in [6.07, 6.45) is 5.93. The summed E-state index contributed by atoms with van der Waals surface area (Å²) in [4.78, 5) is 0. The van der Waals surface area contributed by atoms with Crippen LogP contribution in [0.3, 0.4) is 0 Å². The third kappa shape index (κ3) is 2.64. The quantitative estimate of drug-likeness (QED) is 0.583. The summed E-state index contributed by atoms with van der Waals surface area (Å²) in [6, 6.07) is 0. The van der Waals surface area contributed by atoms with Crippen molar-refractivity contribution in [1.82, 2.24) is 0 Å². The van der Waals surface area contributed by atoms with E-state index in [1.807, 2.05) is 0 Å². The summed E-state index contributed by atoms with van der Waals surface area (Å²) in [7, 11) is 0. The van der Waals surface area contributed by atoms with E-state index in [0.717, 1.165) is 38.5 Å². The Bertz CT molecular complexity index is 532. The summed E-state index contributed by atoms with van der Waals surface area (Å²) in [5.74, 6) is 19.1. The first-order valence-electron chi connectivity index (χ1n) is 7.92. The summed E-state index contributed by atoms with van der Waals surface area (Å²) >= 11 is 0. The molecule has 0 atom stereocenters. The Morgan fingerprint density at radius 2 is 0.955 bits per heavy atom. The predicted octanol–water partition coefficient (Wildman–Crippen LogP) is 0.930. The molecule has 4 aliphatic rings. The normalized spacial score (nSPS) is 40.8. The molecule has 22 heavy (non-hydrogen) atoms. The number of aliphatic hydroxyl groups excluding tert-OH is 3. The minimum absolute atomic E-state index is 0.114. The third-order valence-electron chi connectivity index (χ3n) is 5.37. The highest BCUT2D eigenvalue weighted by molar-refractivity contribution is 5.33. The molecule has 0 radical (unpaired) electrons. The number of hydrogen-bond acceptors (Lipinski definition) is 3. The molecule has 0 unspecified atom stereocenters. The zero-order valence-electron chi connectivity index (χ0n) is 12.8. The molecule has 0 saturated heterocycles. The molecule has 0 spiro atoms. The van der Waals surface area contributed by atoms with E-state index in [-0.39, 0.29) is 36.1 Å². The van der Waals surface area contributed by atoms with Gasteiger partial charge in [-0.05, 0) is 44.4 Å². The van der Waals surface area contributed by atoms with Gasteiger partial charge in [-0.15, -0.1) is 0 Å².